The number of carbonyl (C=O) groups excluding carboxylic acids is 1. The maximum atomic E-state index is 13.8. The number of piperidine rings is 1. The Morgan fingerprint density at radius 3 is 2.39 bits per heavy atom. The first-order valence-electron chi connectivity index (χ1n) is 11.4. The van der Waals surface area contributed by atoms with Gasteiger partial charge >= 0.3 is 0 Å². The van der Waals surface area contributed by atoms with E-state index in [1.807, 2.05) is 4.90 Å². The summed E-state index contributed by atoms with van der Waals surface area (Å²) in [4.78, 5) is 17.3. The summed E-state index contributed by atoms with van der Waals surface area (Å²) >= 11 is 0. The number of amides is 1. The molecule has 1 amide bonds. The third-order valence-electron chi connectivity index (χ3n) is 6.28. The highest BCUT2D eigenvalue weighted by atomic mass is 19.2. The van der Waals surface area contributed by atoms with Crippen LogP contribution in [0.3, 0.4) is 0 Å². The minimum atomic E-state index is -0.913. The van der Waals surface area contributed by atoms with Gasteiger partial charge in [-0.25, -0.2) is 13.2 Å². The number of nitrogens with zero attached hydrogens (tertiary/aromatic N) is 2. The van der Waals surface area contributed by atoms with Gasteiger partial charge in [0.2, 0.25) is 0 Å². The highest BCUT2D eigenvalue weighted by Crippen LogP contribution is 2.30. The zero-order valence-corrected chi connectivity index (χ0v) is 18.7. The fourth-order valence-corrected chi connectivity index (χ4v) is 4.12. The van der Waals surface area contributed by atoms with Crippen LogP contribution in [0.5, 0.6) is 11.5 Å². The highest BCUT2D eigenvalue weighted by molar-refractivity contribution is 5.94. The second-order valence-corrected chi connectivity index (χ2v) is 8.78. The van der Waals surface area contributed by atoms with Crippen molar-refractivity contribution in [1.29, 1.82) is 0 Å². The summed E-state index contributed by atoms with van der Waals surface area (Å²) in [5, 5.41) is 0. The summed E-state index contributed by atoms with van der Waals surface area (Å²) in [6.07, 6.45) is 3.74. The molecule has 0 unspecified atom stereocenters. The SMILES string of the molecule is COc1cc(C(=O)N(CCN2CCC(Oc3ccc(F)c(F)c3)CC2)CC2CC2)ccc1F. The van der Waals surface area contributed by atoms with Gasteiger partial charge in [0, 0.05) is 44.4 Å². The van der Waals surface area contributed by atoms with Gasteiger partial charge in [0.25, 0.3) is 5.91 Å². The van der Waals surface area contributed by atoms with Crippen LogP contribution in [0.1, 0.15) is 36.0 Å². The average molecular weight is 463 g/mol. The minimum Gasteiger partial charge on any atom is -0.494 e. The summed E-state index contributed by atoms with van der Waals surface area (Å²) in [5.74, 6) is -1.47. The van der Waals surface area contributed by atoms with Crippen molar-refractivity contribution >= 4 is 5.91 Å². The Kier molecular flexibility index (Phi) is 7.42. The van der Waals surface area contributed by atoms with Crippen molar-refractivity contribution in [3.05, 3.63) is 59.4 Å². The van der Waals surface area contributed by atoms with E-state index in [2.05, 4.69) is 4.90 Å². The Morgan fingerprint density at radius 1 is 1.00 bits per heavy atom. The first kappa shape index (κ1) is 23.4. The van der Waals surface area contributed by atoms with Gasteiger partial charge in [-0.05, 0) is 61.9 Å². The van der Waals surface area contributed by atoms with E-state index in [9.17, 15) is 18.0 Å². The number of ether oxygens (including phenoxy) is 2. The predicted octanol–water partition coefficient (Wildman–Crippen LogP) is 4.51. The maximum Gasteiger partial charge on any atom is 0.254 e. The van der Waals surface area contributed by atoms with Crippen LogP contribution in [-0.2, 0) is 0 Å². The van der Waals surface area contributed by atoms with Crippen molar-refractivity contribution in [2.75, 3.05) is 39.8 Å². The van der Waals surface area contributed by atoms with Crippen molar-refractivity contribution in [2.45, 2.75) is 31.8 Å². The number of hydrogen-bond donors (Lipinski definition) is 0. The Morgan fingerprint density at radius 2 is 1.73 bits per heavy atom. The molecule has 1 saturated carbocycles. The first-order valence-corrected chi connectivity index (χ1v) is 11.4. The summed E-state index contributed by atoms with van der Waals surface area (Å²) in [6, 6.07) is 7.81. The molecular weight excluding hydrogens is 433 g/mol. The van der Waals surface area contributed by atoms with Gasteiger partial charge in [0.15, 0.2) is 23.2 Å². The Hall–Kier alpha value is -2.74. The lowest BCUT2D eigenvalue weighted by atomic mass is 10.1. The Balaban J connectivity index is 1.29. The monoisotopic (exact) mass is 462 g/mol. The van der Waals surface area contributed by atoms with E-state index >= 15 is 0 Å². The number of benzene rings is 2. The molecule has 5 nitrogen and oxygen atoms in total. The van der Waals surface area contributed by atoms with Crippen molar-refractivity contribution in [2.24, 2.45) is 5.92 Å². The lowest BCUT2D eigenvalue weighted by molar-refractivity contribution is 0.0672. The lowest BCUT2D eigenvalue weighted by Gasteiger charge is -2.34. The highest BCUT2D eigenvalue weighted by Gasteiger charge is 2.29. The molecule has 1 heterocycles. The largest absolute Gasteiger partial charge is 0.494 e. The quantitative estimate of drug-likeness (QED) is 0.550. The number of rotatable bonds is 9. The molecule has 33 heavy (non-hydrogen) atoms. The summed E-state index contributed by atoms with van der Waals surface area (Å²) in [7, 11) is 1.38. The molecule has 0 radical (unpaired) electrons. The summed E-state index contributed by atoms with van der Waals surface area (Å²) < 4.78 is 51.1. The van der Waals surface area contributed by atoms with E-state index in [4.69, 9.17) is 9.47 Å². The number of methoxy groups -OCH3 is 1. The standard InChI is InChI=1S/C25H29F3N2O3/c1-32-24-14-18(4-6-22(24)27)25(31)30(16-17-2-3-17)13-12-29-10-8-19(9-11-29)33-20-5-7-21(26)23(28)15-20/h4-7,14-15,17,19H,2-3,8-13,16H2,1H3. The molecule has 8 heteroatoms. The zero-order chi connectivity index (χ0) is 23.4. The molecular formula is C25H29F3N2O3. The van der Waals surface area contributed by atoms with Crippen molar-refractivity contribution in [1.82, 2.24) is 9.80 Å². The second-order valence-electron chi connectivity index (χ2n) is 8.78. The Labute approximate surface area is 192 Å². The Bertz CT molecular complexity index is 975. The molecule has 0 N–H and O–H groups in total. The lowest BCUT2D eigenvalue weighted by Crippen LogP contribution is -2.44. The van der Waals surface area contributed by atoms with Gasteiger partial charge in [0.1, 0.15) is 11.9 Å². The van der Waals surface area contributed by atoms with Gasteiger partial charge in [-0.2, -0.15) is 0 Å². The number of likely N-dealkylation sites (tertiary alicyclic amines) is 1. The minimum absolute atomic E-state index is 0.0537. The molecule has 0 aromatic heterocycles. The number of hydrogen-bond acceptors (Lipinski definition) is 4. The van der Waals surface area contributed by atoms with Crippen molar-refractivity contribution in [3.8, 4) is 11.5 Å². The second kappa shape index (κ2) is 10.5. The smallest absolute Gasteiger partial charge is 0.254 e. The molecule has 2 aromatic carbocycles. The molecule has 0 spiro atoms. The van der Waals surface area contributed by atoms with Gasteiger partial charge in [-0.15, -0.1) is 0 Å². The third kappa shape index (κ3) is 6.19. The van der Waals surface area contributed by atoms with Crippen LogP contribution >= 0.6 is 0 Å². The fraction of sp³-hybridized carbons (Fsp3) is 0.480. The van der Waals surface area contributed by atoms with Crippen molar-refractivity contribution in [3.63, 3.8) is 0 Å². The summed E-state index contributed by atoms with van der Waals surface area (Å²) in [5.41, 5.74) is 0.424. The summed E-state index contributed by atoms with van der Waals surface area (Å²) in [6.45, 7) is 3.61. The zero-order valence-electron chi connectivity index (χ0n) is 18.7. The van der Waals surface area contributed by atoms with Gasteiger partial charge < -0.3 is 19.3 Å². The fourth-order valence-electron chi connectivity index (χ4n) is 4.12. The third-order valence-corrected chi connectivity index (χ3v) is 6.28. The first-order chi connectivity index (χ1) is 15.9. The van der Waals surface area contributed by atoms with E-state index < -0.39 is 17.5 Å². The maximum absolute atomic E-state index is 13.8. The van der Waals surface area contributed by atoms with E-state index in [1.165, 1.54) is 31.4 Å². The normalized spacial score (nSPS) is 17.1. The van der Waals surface area contributed by atoms with Gasteiger partial charge in [-0.1, -0.05) is 0 Å². The van der Waals surface area contributed by atoms with Crippen molar-refractivity contribution < 1.29 is 27.4 Å². The molecule has 2 aromatic rings. The predicted molar refractivity (Wildman–Crippen MR) is 118 cm³/mol. The van der Waals surface area contributed by atoms with Crippen LogP contribution in [0.15, 0.2) is 36.4 Å². The van der Waals surface area contributed by atoms with E-state index in [0.717, 1.165) is 57.5 Å². The van der Waals surface area contributed by atoms with E-state index in [0.29, 0.717) is 30.3 Å². The number of halogens is 3. The molecule has 0 atom stereocenters. The molecule has 2 aliphatic rings. The molecule has 1 aliphatic heterocycles. The molecule has 2 fully saturated rings. The van der Waals surface area contributed by atoms with E-state index in [1.54, 1.807) is 0 Å². The molecule has 1 aliphatic carbocycles. The molecule has 178 valence electrons. The van der Waals surface area contributed by atoms with Crippen LogP contribution in [0.4, 0.5) is 13.2 Å². The van der Waals surface area contributed by atoms with Crippen LogP contribution in [0, 0.1) is 23.4 Å². The number of carbonyl (C=O) groups is 1. The molecule has 1 saturated heterocycles. The van der Waals surface area contributed by atoms with Gasteiger partial charge in [-0.3, -0.25) is 4.79 Å². The van der Waals surface area contributed by atoms with Gasteiger partial charge in [0.05, 0.1) is 7.11 Å². The van der Waals surface area contributed by atoms with E-state index in [-0.39, 0.29) is 17.8 Å². The van der Waals surface area contributed by atoms with Crippen LogP contribution in [0.25, 0.3) is 0 Å². The van der Waals surface area contributed by atoms with Crippen LogP contribution in [0.2, 0.25) is 0 Å². The topological polar surface area (TPSA) is 42.0 Å². The van der Waals surface area contributed by atoms with Crippen LogP contribution < -0.4 is 9.47 Å². The molecule has 0 bridgehead atoms. The molecule has 4 rings (SSSR count). The average Bonchev–Trinajstić information content (AvgIpc) is 3.64. The van der Waals surface area contributed by atoms with Crippen LogP contribution in [-0.4, -0.2) is 61.6 Å².